The predicted octanol–water partition coefficient (Wildman–Crippen LogP) is 6.45. The summed E-state index contributed by atoms with van der Waals surface area (Å²) < 4.78 is 11.3. The lowest BCUT2D eigenvalue weighted by Crippen LogP contribution is -2.24. The molecule has 146 valence electrons. The van der Waals surface area contributed by atoms with Gasteiger partial charge in [-0.15, -0.1) is 0 Å². The molecule has 2 aromatic rings. The Hall–Kier alpha value is -1.91. The average Bonchev–Trinajstić information content (AvgIpc) is 2.65. The number of benzene rings is 2. The van der Waals surface area contributed by atoms with Crippen molar-refractivity contribution in [1.29, 1.82) is 0 Å². The third kappa shape index (κ3) is 5.30. The number of unbranched alkanes of at least 4 members (excludes halogenated alkanes) is 1. The fourth-order valence-electron chi connectivity index (χ4n) is 2.62. The lowest BCUT2D eigenvalue weighted by Gasteiger charge is -2.16. The molecule has 0 aliphatic carbocycles. The summed E-state index contributed by atoms with van der Waals surface area (Å²) >= 11 is 12.7. The molecule has 0 radical (unpaired) electrons. The maximum absolute atomic E-state index is 12.4. The van der Waals surface area contributed by atoms with Crippen LogP contribution >= 0.6 is 23.2 Å². The van der Waals surface area contributed by atoms with Crippen LogP contribution in [0.15, 0.2) is 30.3 Å². The molecule has 0 aliphatic rings. The van der Waals surface area contributed by atoms with Gasteiger partial charge in [0.1, 0.15) is 11.5 Å². The smallest absolute Gasteiger partial charge is 0.252 e. The van der Waals surface area contributed by atoms with E-state index < -0.39 is 0 Å². The quantitative estimate of drug-likeness (QED) is 0.509. The minimum absolute atomic E-state index is 0.193. The van der Waals surface area contributed by atoms with E-state index in [0.29, 0.717) is 22.9 Å². The highest BCUT2D eigenvalue weighted by Gasteiger charge is 2.19. The van der Waals surface area contributed by atoms with Gasteiger partial charge in [0.25, 0.3) is 5.91 Å². The fraction of sp³-hybridized carbons (Fsp3) is 0.381. The summed E-state index contributed by atoms with van der Waals surface area (Å²) in [5, 5.41) is 3.38. The summed E-state index contributed by atoms with van der Waals surface area (Å²) in [7, 11) is 1.64. The van der Waals surface area contributed by atoms with Crippen LogP contribution in [0.2, 0.25) is 10.0 Å². The summed E-state index contributed by atoms with van der Waals surface area (Å²) in [6.45, 7) is 6.81. The molecule has 2 rings (SSSR count). The molecule has 0 saturated heterocycles. The Balaban J connectivity index is 2.32. The molecule has 4 nitrogen and oxygen atoms in total. The Morgan fingerprint density at radius 3 is 2.56 bits per heavy atom. The number of hydrogen-bond acceptors (Lipinski definition) is 3. The Morgan fingerprint density at radius 1 is 1.19 bits per heavy atom. The van der Waals surface area contributed by atoms with Crippen LogP contribution in [0, 0.1) is 0 Å². The lowest BCUT2D eigenvalue weighted by atomic mass is 10.0. The van der Waals surface area contributed by atoms with Crippen LogP contribution in [0.4, 0.5) is 0 Å². The van der Waals surface area contributed by atoms with Gasteiger partial charge in [0.05, 0.1) is 22.7 Å². The van der Waals surface area contributed by atoms with E-state index in [0.717, 1.165) is 24.2 Å². The molecule has 27 heavy (non-hydrogen) atoms. The number of carbonyl (C=O) groups excluding carboxylic acids is 1. The highest BCUT2D eigenvalue weighted by molar-refractivity contribution is 6.39. The molecule has 0 bridgehead atoms. The number of rotatable bonds is 8. The molecule has 1 amide bonds. The highest BCUT2D eigenvalue weighted by atomic mass is 35.5. The van der Waals surface area contributed by atoms with Crippen molar-refractivity contribution in [2.45, 2.75) is 39.5 Å². The predicted molar refractivity (Wildman–Crippen MR) is 111 cm³/mol. The standard InChI is InChI=1S/C21H25Cl2NO3/c1-5-6-11-24-21(25)15-8-9-17(22)20(19(15)23)27-14-7-10-18(26-4)16(12-14)13(2)3/h7-10,12-13H,5-6,11H2,1-4H3,(H,24,25). The number of hydrogen-bond donors (Lipinski definition) is 1. The number of carbonyl (C=O) groups is 1. The van der Waals surface area contributed by atoms with Crippen LogP contribution < -0.4 is 14.8 Å². The van der Waals surface area contributed by atoms with E-state index in [4.69, 9.17) is 32.7 Å². The van der Waals surface area contributed by atoms with Gasteiger partial charge in [-0.25, -0.2) is 0 Å². The molecule has 0 spiro atoms. The van der Waals surface area contributed by atoms with Gasteiger partial charge in [-0.2, -0.15) is 0 Å². The topological polar surface area (TPSA) is 47.6 Å². The fourth-order valence-corrected chi connectivity index (χ4v) is 3.15. The average molecular weight is 410 g/mol. The Kier molecular flexibility index (Phi) is 7.81. The third-order valence-corrected chi connectivity index (χ3v) is 4.83. The lowest BCUT2D eigenvalue weighted by molar-refractivity contribution is 0.0953. The zero-order chi connectivity index (χ0) is 20.0. The van der Waals surface area contributed by atoms with Crippen LogP contribution in [0.5, 0.6) is 17.2 Å². The highest BCUT2D eigenvalue weighted by Crippen LogP contribution is 2.40. The molecule has 0 atom stereocenters. The summed E-state index contributed by atoms with van der Waals surface area (Å²) in [4.78, 5) is 12.4. The number of nitrogens with one attached hydrogen (secondary N) is 1. The van der Waals surface area contributed by atoms with Gasteiger partial charge in [0.2, 0.25) is 0 Å². The first kappa shape index (κ1) is 21.4. The van der Waals surface area contributed by atoms with Gasteiger partial charge in [-0.1, -0.05) is 50.4 Å². The van der Waals surface area contributed by atoms with Crippen molar-refractivity contribution < 1.29 is 14.3 Å². The third-order valence-electron chi connectivity index (χ3n) is 4.15. The van der Waals surface area contributed by atoms with E-state index in [-0.39, 0.29) is 22.6 Å². The molecule has 2 aromatic carbocycles. The molecule has 0 heterocycles. The monoisotopic (exact) mass is 409 g/mol. The van der Waals surface area contributed by atoms with E-state index in [2.05, 4.69) is 26.1 Å². The van der Waals surface area contributed by atoms with Crippen molar-refractivity contribution >= 4 is 29.1 Å². The van der Waals surface area contributed by atoms with E-state index in [1.165, 1.54) is 0 Å². The summed E-state index contributed by atoms with van der Waals surface area (Å²) in [6, 6.07) is 8.74. The van der Waals surface area contributed by atoms with Gasteiger partial charge in [-0.05, 0) is 42.7 Å². The van der Waals surface area contributed by atoms with Crippen molar-refractivity contribution in [2.24, 2.45) is 0 Å². The largest absolute Gasteiger partial charge is 0.496 e. The summed E-state index contributed by atoms with van der Waals surface area (Å²) in [5.74, 6) is 1.64. The van der Waals surface area contributed by atoms with Gasteiger partial charge >= 0.3 is 0 Å². The minimum atomic E-state index is -0.243. The molecule has 0 saturated carbocycles. The number of halogens is 2. The van der Waals surface area contributed by atoms with Gasteiger partial charge < -0.3 is 14.8 Å². The Bertz CT molecular complexity index is 806. The first-order chi connectivity index (χ1) is 12.9. The second kappa shape index (κ2) is 9.86. The van der Waals surface area contributed by atoms with E-state index in [1.807, 2.05) is 12.1 Å². The zero-order valence-corrected chi connectivity index (χ0v) is 17.6. The first-order valence-electron chi connectivity index (χ1n) is 9.01. The van der Waals surface area contributed by atoms with E-state index >= 15 is 0 Å². The minimum Gasteiger partial charge on any atom is -0.496 e. The number of methoxy groups -OCH3 is 1. The van der Waals surface area contributed by atoms with Crippen LogP contribution in [0.1, 0.15) is 55.5 Å². The number of ether oxygens (including phenoxy) is 2. The van der Waals surface area contributed by atoms with Gasteiger partial charge in [-0.3, -0.25) is 4.79 Å². The van der Waals surface area contributed by atoms with Crippen molar-refractivity contribution in [1.82, 2.24) is 5.32 Å². The van der Waals surface area contributed by atoms with E-state index in [1.54, 1.807) is 25.3 Å². The maximum Gasteiger partial charge on any atom is 0.252 e. The van der Waals surface area contributed by atoms with Crippen LogP contribution in [0.25, 0.3) is 0 Å². The Labute approximate surface area is 170 Å². The molecule has 0 unspecified atom stereocenters. The molecular formula is C21H25Cl2NO3. The number of amides is 1. The SMILES string of the molecule is CCCCNC(=O)c1ccc(Cl)c(Oc2ccc(OC)c(C(C)C)c2)c1Cl. The first-order valence-corrected chi connectivity index (χ1v) is 9.76. The van der Waals surface area contributed by atoms with Crippen molar-refractivity contribution in [3.05, 3.63) is 51.5 Å². The molecule has 0 aromatic heterocycles. The van der Waals surface area contributed by atoms with E-state index in [9.17, 15) is 4.79 Å². The molecule has 6 heteroatoms. The van der Waals surface area contributed by atoms with Crippen LogP contribution in [0.3, 0.4) is 0 Å². The Morgan fingerprint density at radius 2 is 1.93 bits per heavy atom. The van der Waals surface area contributed by atoms with Crippen LogP contribution in [-0.2, 0) is 0 Å². The van der Waals surface area contributed by atoms with Gasteiger partial charge in [0, 0.05) is 12.1 Å². The van der Waals surface area contributed by atoms with Crippen LogP contribution in [-0.4, -0.2) is 19.6 Å². The maximum atomic E-state index is 12.4. The molecule has 0 fully saturated rings. The van der Waals surface area contributed by atoms with Crippen molar-refractivity contribution in [3.63, 3.8) is 0 Å². The zero-order valence-electron chi connectivity index (χ0n) is 16.1. The molecule has 1 N–H and O–H groups in total. The van der Waals surface area contributed by atoms with Crippen molar-refractivity contribution in [3.8, 4) is 17.2 Å². The summed E-state index contributed by atoms with van der Waals surface area (Å²) in [6.07, 6.45) is 1.91. The van der Waals surface area contributed by atoms with Gasteiger partial charge in [0.15, 0.2) is 5.75 Å². The molecule has 0 aliphatic heterocycles. The summed E-state index contributed by atoms with van der Waals surface area (Å²) in [5.41, 5.74) is 1.35. The van der Waals surface area contributed by atoms with Crippen molar-refractivity contribution in [2.75, 3.05) is 13.7 Å². The normalized spacial score (nSPS) is 10.8. The molecular weight excluding hydrogens is 385 g/mol. The second-order valence-corrected chi connectivity index (χ2v) is 7.29. The second-order valence-electron chi connectivity index (χ2n) is 6.51.